The number of hydrogen-bond acceptors (Lipinski definition) is 5. The number of benzene rings is 2. The minimum Gasteiger partial charge on any atom is -0.346 e. The van der Waals surface area contributed by atoms with Gasteiger partial charge in [0.1, 0.15) is 0 Å². The number of hydrogen-bond donors (Lipinski definition) is 1. The van der Waals surface area contributed by atoms with Crippen molar-refractivity contribution in [2.24, 2.45) is 0 Å². The third-order valence-electron chi connectivity index (χ3n) is 6.84. The van der Waals surface area contributed by atoms with Crippen LogP contribution in [0.3, 0.4) is 0 Å². The van der Waals surface area contributed by atoms with Gasteiger partial charge in [-0.2, -0.15) is 5.10 Å². The maximum Gasteiger partial charge on any atom is 0.261 e. The number of rotatable bonds is 6. The Kier molecular flexibility index (Phi) is 6.55. The van der Waals surface area contributed by atoms with E-state index in [1.54, 1.807) is 36.5 Å². The van der Waals surface area contributed by atoms with Crippen molar-refractivity contribution in [1.82, 2.24) is 20.0 Å². The Balaban J connectivity index is 1.28. The van der Waals surface area contributed by atoms with Crippen molar-refractivity contribution in [3.8, 4) is 11.3 Å². The van der Waals surface area contributed by atoms with Crippen molar-refractivity contribution in [2.75, 3.05) is 6.54 Å². The lowest BCUT2D eigenvalue weighted by molar-refractivity contribution is 0.0629. The van der Waals surface area contributed by atoms with Crippen LogP contribution in [0.4, 0.5) is 0 Å². The maximum absolute atomic E-state index is 13.5. The molecule has 0 aliphatic carbocycles. The van der Waals surface area contributed by atoms with Crippen LogP contribution in [0.25, 0.3) is 11.3 Å². The van der Waals surface area contributed by atoms with E-state index in [-0.39, 0.29) is 24.3 Å². The molecule has 192 valence electrons. The molecular weight excluding hydrogens is 543 g/mol. The van der Waals surface area contributed by atoms with Crippen molar-refractivity contribution in [2.45, 2.75) is 31.8 Å². The summed E-state index contributed by atoms with van der Waals surface area (Å²) < 4.78 is 1.88. The Morgan fingerprint density at radius 3 is 2.53 bits per heavy atom. The van der Waals surface area contributed by atoms with Gasteiger partial charge in [-0.1, -0.05) is 47.5 Å². The van der Waals surface area contributed by atoms with Crippen LogP contribution >= 0.6 is 34.5 Å². The van der Waals surface area contributed by atoms with Crippen molar-refractivity contribution in [3.63, 3.8) is 0 Å². The molecule has 0 saturated heterocycles. The smallest absolute Gasteiger partial charge is 0.261 e. The number of aryl methyl sites for hydroxylation is 2. The summed E-state index contributed by atoms with van der Waals surface area (Å²) in [6.07, 6.45) is 3.75. The van der Waals surface area contributed by atoms with E-state index in [0.717, 1.165) is 41.1 Å². The largest absolute Gasteiger partial charge is 0.346 e. The molecule has 2 aliphatic heterocycles. The van der Waals surface area contributed by atoms with E-state index in [2.05, 4.69) is 10.4 Å². The van der Waals surface area contributed by atoms with Crippen LogP contribution in [0.15, 0.2) is 60.8 Å². The highest BCUT2D eigenvalue weighted by Crippen LogP contribution is 2.38. The molecule has 0 unspecified atom stereocenters. The van der Waals surface area contributed by atoms with Gasteiger partial charge in [0, 0.05) is 28.6 Å². The highest BCUT2D eigenvalue weighted by molar-refractivity contribution is 7.14. The highest BCUT2D eigenvalue weighted by atomic mass is 35.5. The molecule has 2 aliphatic rings. The molecule has 0 radical (unpaired) electrons. The molecule has 0 bridgehead atoms. The fraction of sp³-hybridized carbons (Fsp3) is 0.214. The lowest BCUT2D eigenvalue weighted by Crippen LogP contribution is -2.46. The van der Waals surface area contributed by atoms with Crippen LogP contribution < -0.4 is 5.32 Å². The number of imide groups is 1. The summed E-state index contributed by atoms with van der Waals surface area (Å²) in [5, 5.41) is 8.58. The number of fused-ring (bicyclic) bond motifs is 4. The van der Waals surface area contributed by atoms with Gasteiger partial charge in [-0.3, -0.25) is 24.0 Å². The van der Waals surface area contributed by atoms with Gasteiger partial charge in [0.25, 0.3) is 17.7 Å². The van der Waals surface area contributed by atoms with Gasteiger partial charge in [-0.05, 0) is 55.2 Å². The topological polar surface area (TPSA) is 84.3 Å². The molecule has 0 spiro atoms. The standard InChI is InChI=1S/C28H22Cl2N4O3S/c29-17-6-3-5-16(11-17)12-18(15-33-27(36)19-7-1-2-8-20(19)28(33)37)32-26(35)24-13-21-23(38-24)9-4-10-34-25(21)22(30)14-31-34/h1-3,5-8,11,13-14,18H,4,9-10,12,15H2,(H,32,35)/t18-/m0/s1. The molecule has 4 aromatic rings. The molecule has 3 amide bonds. The monoisotopic (exact) mass is 564 g/mol. The van der Waals surface area contributed by atoms with Crippen LogP contribution in [0.2, 0.25) is 10.0 Å². The Morgan fingerprint density at radius 2 is 1.79 bits per heavy atom. The summed E-state index contributed by atoms with van der Waals surface area (Å²) >= 11 is 14.1. The van der Waals surface area contributed by atoms with Gasteiger partial charge in [0.05, 0.1) is 39.0 Å². The molecule has 2 aromatic carbocycles. The number of thiophene rings is 1. The molecule has 0 fully saturated rings. The number of nitrogens with zero attached hydrogens (tertiary/aromatic N) is 3. The van der Waals surface area contributed by atoms with Gasteiger partial charge >= 0.3 is 0 Å². The summed E-state index contributed by atoms with van der Waals surface area (Å²) in [6.45, 7) is 0.807. The summed E-state index contributed by atoms with van der Waals surface area (Å²) in [6, 6.07) is 15.4. The average molecular weight is 565 g/mol. The van der Waals surface area contributed by atoms with Gasteiger partial charge in [-0.25, -0.2) is 0 Å². The fourth-order valence-electron chi connectivity index (χ4n) is 5.11. The fourth-order valence-corrected chi connectivity index (χ4v) is 6.67. The Morgan fingerprint density at radius 1 is 1.03 bits per heavy atom. The van der Waals surface area contributed by atoms with E-state index in [0.29, 0.717) is 32.5 Å². The van der Waals surface area contributed by atoms with Crippen LogP contribution in [0.5, 0.6) is 0 Å². The SMILES string of the molecule is O=C(N[C@@H](Cc1cccc(Cl)c1)CN1C(=O)c2ccccc2C1=O)c1cc2c(s1)CCCn1ncc(Cl)c1-2. The number of carbonyl (C=O) groups is 3. The van der Waals surface area contributed by atoms with Crippen LogP contribution in [0, 0.1) is 0 Å². The van der Waals surface area contributed by atoms with Gasteiger partial charge < -0.3 is 5.32 Å². The lowest BCUT2D eigenvalue weighted by Gasteiger charge is -2.24. The summed E-state index contributed by atoms with van der Waals surface area (Å²) in [4.78, 5) is 42.5. The number of aromatic nitrogens is 2. The van der Waals surface area contributed by atoms with E-state index in [9.17, 15) is 14.4 Å². The second kappa shape index (κ2) is 10.0. The number of nitrogens with one attached hydrogen (secondary N) is 1. The zero-order valence-electron chi connectivity index (χ0n) is 20.1. The second-order valence-electron chi connectivity index (χ2n) is 9.39. The highest BCUT2D eigenvalue weighted by Gasteiger charge is 2.37. The van der Waals surface area contributed by atoms with Crippen molar-refractivity contribution in [3.05, 3.63) is 97.3 Å². The lowest BCUT2D eigenvalue weighted by atomic mass is 10.0. The summed E-state index contributed by atoms with van der Waals surface area (Å²) in [5.41, 5.74) is 3.39. The Hall–Kier alpha value is -3.46. The molecule has 6 rings (SSSR count). The van der Waals surface area contributed by atoms with Crippen LogP contribution in [-0.4, -0.2) is 45.0 Å². The van der Waals surface area contributed by atoms with E-state index in [4.69, 9.17) is 23.2 Å². The number of halogens is 2. The molecule has 10 heteroatoms. The minimum absolute atomic E-state index is 0.0360. The van der Waals surface area contributed by atoms with Gasteiger partial charge in [0.2, 0.25) is 0 Å². The Labute approximate surface area is 233 Å². The molecule has 38 heavy (non-hydrogen) atoms. The zero-order chi connectivity index (χ0) is 26.4. The minimum atomic E-state index is -0.529. The summed E-state index contributed by atoms with van der Waals surface area (Å²) in [5.74, 6) is -0.989. The first-order valence-corrected chi connectivity index (χ1v) is 13.8. The van der Waals surface area contributed by atoms with Crippen molar-refractivity contribution >= 4 is 52.3 Å². The molecular formula is C28H22Cl2N4O3S. The number of amides is 3. The molecule has 2 aromatic heterocycles. The van der Waals surface area contributed by atoms with Gasteiger partial charge in [-0.15, -0.1) is 11.3 Å². The Bertz CT molecular complexity index is 1560. The van der Waals surface area contributed by atoms with E-state index < -0.39 is 6.04 Å². The van der Waals surface area contributed by atoms with E-state index >= 15 is 0 Å². The van der Waals surface area contributed by atoms with Crippen LogP contribution in [0.1, 0.15) is 47.2 Å². The quantitative estimate of drug-likeness (QED) is 0.313. The molecule has 0 saturated carbocycles. The van der Waals surface area contributed by atoms with E-state index in [1.807, 2.05) is 28.9 Å². The zero-order valence-corrected chi connectivity index (χ0v) is 22.4. The average Bonchev–Trinajstić information content (AvgIpc) is 3.51. The van der Waals surface area contributed by atoms with Crippen molar-refractivity contribution in [1.29, 1.82) is 0 Å². The third kappa shape index (κ3) is 4.53. The van der Waals surface area contributed by atoms with Crippen molar-refractivity contribution < 1.29 is 14.4 Å². The first-order valence-electron chi connectivity index (χ1n) is 12.2. The normalized spacial score (nSPS) is 15.1. The molecule has 4 heterocycles. The first-order chi connectivity index (χ1) is 18.4. The predicted octanol–water partition coefficient (Wildman–Crippen LogP) is 5.50. The summed E-state index contributed by atoms with van der Waals surface area (Å²) in [7, 11) is 0. The van der Waals surface area contributed by atoms with Gasteiger partial charge in [0.15, 0.2) is 0 Å². The maximum atomic E-state index is 13.5. The molecule has 1 atom stereocenters. The number of carbonyl (C=O) groups excluding carboxylic acids is 3. The molecule has 7 nitrogen and oxygen atoms in total. The van der Waals surface area contributed by atoms with Crippen LogP contribution in [-0.2, 0) is 19.4 Å². The second-order valence-corrected chi connectivity index (χ2v) is 11.4. The first kappa shape index (κ1) is 24.9. The predicted molar refractivity (Wildman–Crippen MR) is 147 cm³/mol. The molecule has 1 N–H and O–H groups in total. The third-order valence-corrected chi connectivity index (χ3v) is 8.55. The van der Waals surface area contributed by atoms with E-state index in [1.165, 1.54) is 16.2 Å².